The van der Waals surface area contributed by atoms with Gasteiger partial charge in [0.05, 0.1) is 51.0 Å². The SMILES string of the molecule is C[C@@H](CCCCNC(=O)CC[C@H](NC(=O)COCCOCCCC(=O)COCCOCCNC(=O)CC[C@H](CC(=O)CC[C@H](NC(=O)CCCCCCCCCCCCCCCCC(=O)O)C(=O)O)C(=O)O)C(=O)O)C(=O)C[C@H](C(N)=O)[C@@H](C)O. The van der Waals surface area contributed by atoms with Crippen molar-refractivity contribution < 1.29 is 102 Å². The minimum absolute atomic E-state index is 0.0166. The molecule has 0 rings (SSSR count). The van der Waals surface area contributed by atoms with E-state index in [0.29, 0.717) is 32.1 Å². The van der Waals surface area contributed by atoms with E-state index in [2.05, 4.69) is 21.3 Å². The molecule has 0 spiro atoms. The molecular formula is C59H101N5O21. The predicted molar refractivity (Wildman–Crippen MR) is 310 cm³/mol. The highest BCUT2D eigenvalue weighted by atomic mass is 16.5. The van der Waals surface area contributed by atoms with Crippen molar-refractivity contribution in [2.45, 2.75) is 218 Å². The Balaban J connectivity index is 4.04. The lowest BCUT2D eigenvalue weighted by Crippen LogP contribution is -2.43. The zero-order valence-electron chi connectivity index (χ0n) is 50.4. The first-order valence-electron chi connectivity index (χ1n) is 30.4. The monoisotopic (exact) mass is 1220 g/mol. The normalized spacial score (nSPS) is 13.3. The molecule has 0 heterocycles. The molecule has 0 saturated carbocycles. The number of carboxylic acid groups (broad SMARTS) is 4. The van der Waals surface area contributed by atoms with E-state index in [-0.39, 0.29) is 141 Å². The van der Waals surface area contributed by atoms with Crippen LogP contribution in [0.25, 0.3) is 0 Å². The fraction of sp³-hybridized carbons (Fsp3) is 0.797. The Hall–Kier alpha value is -5.96. The van der Waals surface area contributed by atoms with Gasteiger partial charge in [-0.3, -0.25) is 47.9 Å². The lowest BCUT2D eigenvalue weighted by atomic mass is 9.89. The quantitative estimate of drug-likeness (QED) is 0.0378. The van der Waals surface area contributed by atoms with Crippen LogP contribution in [0.2, 0.25) is 0 Å². The molecule has 0 aliphatic carbocycles. The molecule has 0 unspecified atom stereocenters. The van der Waals surface area contributed by atoms with Gasteiger partial charge in [0.25, 0.3) is 0 Å². The van der Waals surface area contributed by atoms with E-state index < -0.39 is 102 Å². The van der Waals surface area contributed by atoms with Gasteiger partial charge in [-0.25, -0.2) is 9.59 Å². The number of aliphatic carboxylic acids is 4. The van der Waals surface area contributed by atoms with E-state index in [1.165, 1.54) is 32.6 Å². The van der Waals surface area contributed by atoms with Crippen molar-refractivity contribution in [3.05, 3.63) is 0 Å². The lowest BCUT2D eigenvalue weighted by molar-refractivity contribution is -0.145. The van der Waals surface area contributed by atoms with Gasteiger partial charge in [-0.05, 0) is 58.3 Å². The van der Waals surface area contributed by atoms with E-state index in [9.17, 15) is 78.0 Å². The molecular weight excluding hydrogens is 1110 g/mol. The standard InChI is InChI=1S/C59H101N5O21/c1-42(50(68)39-47(43(2)65)56(60)75)20-17-18-30-61-52(70)29-27-49(59(80)81)64-54(72)41-85-37-34-82-32-19-21-46(67)40-84-36-35-83-33-31-62-51(69)28-24-44(57(76)77)38-45(66)25-26-48(58(78)79)63-53(71)22-15-13-11-9-7-5-3-4-6-8-10-12-14-16-23-55(73)74/h42-44,47-49,65H,3-41H2,1-2H3,(H2,60,75)(H,61,70)(H,62,69)(H,63,71)(H,64,72)(H,73,74)(H,76,77)(H,78,79)(H,80,81)/t42-,43+,44+,47-,48-,49-/m0/s1. The summed E-state index contributed by atoms with van der Waals surface area (Å²) < 4.78 is 21.4. The molecule has 0 aromatic rings. The van der Waals surface area contributed by atoms with Crippen LogP contribution < -0.4 is 27.0 Å². The Bertz CT molecular complexity index is 1990. The number of unbranched alkanes of at least 4 members (excludes halogenated alkanes) is 14. The maximum absolute atomic E-state index is 12.7. The summed E-state index contributed by atoms with van der Waals surface area (Å²) in [5.41, 5.74) is 5.26. The van der Waals surface area contributed by atoms with Crippen LogP contribution in [-0.2, 0) is 76.5 Å². The Kier molecular flexibility index (Phi) is 47.7. The Morgan fingerprint density at radius 1 is 0.412 bits per heavy atom. The van der Waals surface area contributed by atoms with Crippen molar-refractivity contribution in [1.29, 1.82) is 0 Å². The summed E-state index contributed by atoms with van der Waals surface area (Å²) in [6.45, 7) is 3.60. The molecule has 26 heteroatoms. The van der Waals surface area contributed by atoms with E-state index >= 15 is 0 Å². The van der Waals surface area contributed by atoms with Crippen molar-refractivity contribution in [3.63, 3.8) is 0 Å². The minimum atomic E-state index is -1.33. The van der Waals surface area contributed by atoms with Gasteiger partial charge in [-0.1, -0.05) is 90.4 Å². The molecule has 0 radical (unpaired) electrons. The van der Waals surface area contributed by atoms with Crippen LogP contribution >= 0.6 is 0 Å². The largest absolute Gasteiger partial charge is 0.481 e. The summed E-state index contributed by atoms with van der Waals surface area (Å²) in [5, 5.41) is 57.2. The molecule has 85 heavy (non-hydrogen) atoms. The fourth-order valence-electron chi connectivity index (χ4n) is 8.84. The molecule has 5 amide bonds. The number of Topliss-reactive ketones (excluding diaryl/α,β-unsaturated/α-hetero) is 3. The Morgan fingerprint density at radius 2 is 0.894 bits per heavy atom. The number of hydrogen-bond acceptors (Lipinski definition) is 17. The third-order valence-corrected chi connectivity index (χ3v) is 14.1. The number of ether oxygens (including phenoxy) is 4. The van der Waals surface area contributed by atoms with Crippen LogP contribution in [0.4, 0.5) is 0 Å². The Morgan fingerprint density at radius 3 is 1.42 bits per heavy atom. The smallest absolute Gasteiger partial charge is 0.326 e. The number of hydrogen-bond donors (Lipinski definition) is 10. The summed E-state index contributed by atoms with van der Waals surface area (Å²) in [4.78, 5) is 144. The van der Waals surface area contributed by atoms with Crippen LogP contribution in [0, 0.1) is 17.8 Å². The average Bonchev–Trinajstić information content (AvgIpc) is 3.49. The number of aliphatic hydroxyl groups excluding tert-OH is 1. The summed E-state index contributed by atoms with van der Waals surface area (Å²) in [6, 6.07) is -2.62. The van der Waals surface area contributed by atoms with Gasteiger partial charge in [-0.2, -0.15) is 0 Å². The van der Waals surface area contributed by atoms with Gasteiger partial charge in [0.15, 0.2) is 5.78 Å². The van der Waals surface area contributed by atoms with Crippen LogP contribution in [0.5, 0.6) is 0 Å². The average molecular weight is 1220 g/mol. The number of ketones is 3. The third kappa shape index (κ3) is 46.9. The maximum atomic E-state index is 12.7. The highest BCUT2D eigenvalue weighted by Crippen LogP contribution is 2.19. The van der Waals surface area contributed by atoms with E-state index in [1.54, 1.807) is 6.92 Å². The number of carboxylic acids is 4. The number of nitrogens with two attached hydrogens (primary N) is 1. The molecule has 488 valence electrons. The number of aliphatic hydroxyl groups is 1. The van der Waals surface area contributed by atoms with Crippen molar-refractivity contribution in [2.24, 2.45) is 23.5 Å². The van der Waals surface area contributed by atoms with E-state index in [4.69, 9.17) is 29.8 Å². The van der Waals surface area contributed by atoms with Crippen LogP contribution in [0.1, 0.15) is 200 Å². The number of carbonyl (C=O) groups excluding carboxylic acids is 8. The van der Waals surface area contributed by atoms with Gasteiger partial charge >= 0.3 is 23.9 Å². The second-order valence-corrected chi connectivity index (χ2v) is 21.6. The summed E-state index contributed by atoms with van der Waals surface area (Å²) in [6.07, 6.45) is 14.4. The fourth-order valence-corrected chi connectivity index (χ4v) is 8.84. The number of carbonyl (C=O) groups is 12. The molecule has 0 aliphatic rings. The molecule has 0 aromatic heterocycles. The number of primary amides is 1. The third-order valence-electron chi connectivity index (χ3n) is 14.1. The highest BCUT2D eigenvalue weighted by molar-refractivity contribution is 5.88. The van der Waals surface area contributed by atoms with Crippen LogP contribution in [0.15, 0.2) is 0 Å². The topological polar surface area (TPSA) is 417 Å². The summed E-state index contributed by atoms with van der Waals surface area (Å²) in [5.74, 6) is -10.7. The second-order valence-electron chi connectivity index (χ2n) is 21.6. The Labute approximate surface area is 500 Å². The zero-order valence-corrected chi connectivity index (χ0v) is 50.4. The van der Waals surface area contributed by atoms with Gasteiger partial charge in [0.1, 0.15) is 36.9 Å². The van der Waals surface area contributed by atoms with Crippen molar-refractivity contribution in [1.82, 2.24) is 21.3 Å². The molecule has 0 aliphatic heterocycles. The van der Waals surface area contributed by atoms with E-state index in [1.807, 2.05) is 0 Å². The van der Waals surface area contributed by atoms with Gasteiger partial charge in [0.2, 0.25) is 29.5 Å². The first kappa shape index (κ1) is 79.0. The van der Waals surface area contributed by atoms with Gasteiger partial charge < -0.3 is 71.5 Å². The van der Waals surface area contributed by atoms with Crippen LogP contribution in [-0.4, -0.2) is 180 Å². The van der Waals surface area contributed by atoms with Crippen LogP contribution in [0.3, 0.4) is 0 Å². The first-order valence-corrected chi connectivity index (χ1v) is 30.4. The molecule has 11 N–H and O–H groups in total. The van der Waals surface area contributed by atoms with Crippen molar-refractivity contribution in [3.8, 4) is 0 Å². The first-order chi connectivity index (χ1) is 40.5. The lowest BCUT2D eigenvalue weighted by Gasteiger charge is -2.18. The van der Waals surface area contributed by atoms with E-state index in [0.717, 1.165) is 57.8 Å². The molecule has 6 atom stereocenters. The molecule has 0 fully saturated rings. The number of nitrogens with one attached hydrogen (secondary N) is 4. The highest BCUT2D eigenvalue weighted by Gasteiger charge is 2.28. The maximum Gasteiger partial charge on any atom is 0.326 e. The molecule has 0 bridgehead atoms. The van der Waals surface area contributed by atoms with Gasteiger partial charge in [-0.15, -0.1) is 0 Å². The van der Waals surface area contributed by atoms with Crippen molar-refractivity contribution in [2.75, 3.05) is 65.9 Å². The van der Waals surface area contributed by atoms with Gasteiger partial charge in [0, 0.05) is 77.0 Å². The molecule has 0 saturated heterocycles. The van der Waals surface area contributed by atoms with Crippen molar-refractivity contribution >= 4 is 70.8 Å². The zero-order chi connectivity index (χ0) is 63.6. The minimum Gasteiger partial charge on any atom is -0.481 e. The second kappa shape index (κ2) is 51.3. The number of rotatable bonds is 60. The number of amides is 5. The summed E-state index contributed by atoms with van der Waals surface area (Å²) >= 11 is 0. The molecule has 26 nitrogen and oxygen atoms in total. The molecule has 0 aromatic carbocycles. The predicted octanol–water partition coefficient (Wildman–Crippen LogP) is 4.35. The summed E-state index contributed by atoms with van der Waals surface area (Å²) in [7, 11) is 0.